The molecule has 0 aromatic heterocycles. The molecule has 2 amide bonds. The lowest BCUT2D eigenvalue weighted by Crippen LogP contribution is -2.53. The maximum absolute atomic E-state index is 14.2. The fourth-order valence-electron chi connectivity index (χ4n) is 4.64. The van der Waals surface area contributed by atoms with E-state index in [0.29, 0.717) is 17.3 Å². The number of para-hydroxylation sites is 1. The Kier molecular flexibility index (Phi) is 11.8. The molecule has 0 aliphatic heterocycles. The summed E-state index contributed by atoms with van der Waals surface area (Å²) in [6.45, 7) is 6.15. The van der Waals surface area contributed by atoms with E-state index in [1.54, 1.807) is 36.4 Å². The number of sulfonamides is 1. The lowest BCUT2D eigenvalue weighted by atomic mass is 10.0. The van der Waals surface area contributed by atoms with Crippen molar-refractivity contribution in [3.8, 4) is 0 Å². The first-order chi connectivity index (χ1) is 19.5. The van der Waals surface area contributed by atoms with Crippen molar-refractivity contribution >= 4 is 39.1 Å². The highest BCUT2D eigenvalue weighted by Crippen LogP contribution is 2.29. The highest BCUT2D eigenvalue weighted by Gasteiger charge is 2.33. The van der Waals surface area contributed by atoms with Gasteiger partial charge >= 0.3 is 0 Å². The van der Waals surface area contributed by atoms with Crippen molar-refractivity contribution < 1.29 is 18.0 Å². The smallest absolute Gasteiger partial charge is 0.244 e. The van der Waals surface area contributed by atoms with Crippen LogP contribution in [0.15, 0.2) is 78.9 Å². The molecule has 1 N–H and O–H groups in total. The van der Waals surface area contributed by atoms with Crippen LogP contribution < -0.4 is 9.62 Å². The van der Waals surface area contributed by atoms with Gasteiger partial charge in [-0.1, -0.05) is 99.5 Å². The van der Waals surface area contributed by atoms with Gasteiger partial charge in [-0.25, -0.2) is 8.42 Å². The van der Waals surface area contributed by atoms with Gasteiger partial charge in [-0.2, -0.15) is 0 Å². The van der Waals surface area contributed by atoms with Crippen molar-refractivity contribution in [2.24, 2.45) is 0 Å². The first kappa shape index (κ1) is 32.2. The zero-order valence-corrected chi connectivity index (χ0v) is 25.8. The molecule has 0 unspecified atom stereocenters. The summed E-state index contributed by atoms with van der Waals surface area (Å²) in [5.74, 6) is -0.723. The highest BCUT2D eigenvalue weighted by atomic mass is 35.5. The molecule has 0 spiro atoms. The van der Waals surface area contributed by atoms with Crippen LogP contribution in [0.5, 0.6) is 0 Å². The number of benzene rings is 3. The summed E-state index contributed by atoms with van der Waals surface area (Å²) >= 11 is 6.11. The van der Waals surface area contributed by atoms with Crippen LogP contribution in [0.2, 0.25) is 5.02 Å². The number of nitrogens with zero attached hydrogens (tertiary/aromatic N) is 2. The molecule has 9 heteroatoms. The Morgan fingerprint density at radius 2 is 1.54 bits per heavy atom. The minimum Gasteiger partial charge on any atom is -0.354 e. The van der Waals surface area contributed by atoms with Crippen LogP contribution in [0.4, 0.5) is 5.69 Å². The van der Waals surface area contributed by atoms with E-state index in [0.717, 1.165) is 40.1 Å². The summed E-state index contributed by atoms with van der Waals surface area (Å²) < 4.78 is 27.3. The number of rotatable bonds is 14. The monoisotopic (exact) mass is 597 g/mol. The fourth-order valence-corrected chi connectivity index (χ4v) is 5.64. The molecule has 0 saturated heterocycles. The number of carbonyl (C=O) groups is 2. The van der Waals surface area contributed by atoms with Crippen molar-refractivity contribution in [1.82, 2.24) is 10.2 Å². The Morgan fingerprint density at radius 3 is 2.15 bits per heavy atom. The highest BCUT2D eigenvalue weighted by molar-refractivity contribution is 7.92. The van der Waals surface area contributed by atoms with Gasteiger partial charge in [0.15, 0.2) is 0 Å². The van der Waals surface area contributed by atoms with Crippen LogP contribution in [0, 0.1) is 0 Å². The first-order valence-electron chi connectivity index (χ1n) is 13.9. The molecule has 0 aliphatic rings. The summed E-state index contributed by atoms with van der Waals surface area (Å²) in [6, 6.07) is 22.9. The molecule has 3 aromatic rings. The molecule has 0 heterocycles. The molecule has 0 saturated carbocycles. The lowest BCUT2D eigenvalue weighted by molar-refractivity contribution is -0.140. The molecule has 0 bridgehead atoms. The van der Waals surface area contributed by atoms with E-state index in [2.05, 4.69) is 5.32 Å². The molecule has 0 aliphatic carbocycles. The number of halogens is 1. The van der Waals surface area contributed by atoms with Crippen molar-refractivity contribution in [2.75, 3.05) is 23.7 Å². The average Bonchev–Trinajstić information content (AvgIpc) is 2.94. The maximum atomic E-state index is 14.2. The zero-order chi connectivity index (χ0) is 30.0. The standard InChI is InChI=1S/C32H40ClN3O4S/c1-5-6-20-34-32(38)30(21-25-12-8-7-9-13-25)35(22-26-16-18-27(33)19-17-26)31(37)23-36(41(4,39)40)29-15-11-10-14-28(29)24(2)3/h7-19,24,30H,5-6,20-23H2,1-4H3,(H,34,38)/t30-/m0/s1. The predicted octanol–water partition coefficient (Wildman–Crippen LogP) is 5.79. The molecule has 220 valence electrons. The third-order valence-corrected chi connectivity index (χ3v) is 8.25. The topological polar surface area (TPSA) is 86.8 Å². The van der Waals surface area contributed by atoms with E-state index in [9.17, 15) is 18.0 Å². The second-order valence-electron chi connectivity index (χ2n) is 10.5. The summed E-state index contributed by atoms with van der Waals surface area (Å²) in [5.41, 5.74) is 2.93. The Labute approximate surface area is 249 Å². The van der Waals surface area contributed by atoms with Gasteiger partial charge in [-0.15, -0.1) is 0 Å². The third-order valence-electron chi connectivity index (χ3n) is 6.87. The van der Waals surface area contributed by atoms with Crippen LogP contribution in [-0.4, -0.2) is 50.5 Å². The van der Waals surface area contributed by atoms with Crippen molar-refractivity contribution in [3.63, 3.8) is 0 Å². The molecule has 3 rings (SSSR count). The molecular weight excluding hydrogens is 558 g/mol. The number of hydrogen-bond acceptors (Lipinski definition) is 4. The summed E-state index contributed by atoms with van der Waals surface area (Å²) in [6.07, 6.45) is 3.10. The second-order valence-corrected chi connectivity index (χ2v) is 12.8. The van der Waals surface area contributed by atoms with E-state index < -0.39 is 28.5 Å². The Hall–Kier alpha value is -3.36. The molecule has 41 heavy (non-hydrogen) atoms. The van der Waals surface area contributed by atoms with Crippen molar-refractivity contribution in [2.45, 2.75) is 58.5 Å². The van der Waals surface area contributed by atoms with Gasteiger partial charge in [0, 0.05) is 24.5 Å². The van der Waals surface area contributed by atoms with Crippen LogP contribution in [0.25, 0.3) is 0 Å². The van der Waals surface area contributed by atoms with Gasteiger partial charge in [0.2, 0.25) is 21.8 Å². The van der Waals surface area contributed by atoms with Crippen molar-refractivity contribution in [1.29, 1.82) is 0 Å². The van der Waals surface area contributed by atoms with Gasteiger partial charge in [0.25, 0.3) is 0 Å². The quantitative estimate of drug-likeness (QED) is 0.238. The van der Waals surface area contributed by atoms with E-state index in [4.69, 9.17) is 11.6 Å². The molecule has 0 radical (unpaired) electrons. The summed E-state index contributed by atoms with van der Waals surface area (Å²) in [5, 5.41) is 3.54. The molecule has 3 aromatic carbocycles. The van der Waals surface area contributed by atoms with Crippen LogP contribution >= 0.6 is 11.6 Å². The average molecular weight is 598 g/mol. The Balaban J connectivity index is 2.06. The Bertz CT molecular complexity index is 1400. The van der Waals surface area contributed by atoms with Gasteiger partial charge in [0.1, 0.15) is 12.6 Å². The van der Waals surface area contributed by atoms with Gasteiger partial charge in [-0.3, -0.25) is 13.9 Å². The number of amides is 2. The fraction of sp³-hybridized carbons (Fsp3) is 0.375. The summed E-state index contributed by atoms with van der Waals surface area (Å²) in [4.78, 5) is 29.4. The zero-order valence-electron chi connectivity index (χ0n) is 24.2. The van der Waals surface area contributed by atoms with Gasteiger partial charge in [0.05, 0.1) is 11.9 Å². The number of unbranched alkanes of at least 4 members (excludes halogenated alkanes) is 1. The molecule has 0 fully saturated rings. The van der Waals surface area contributed by atoms with E-state index in [-0.39, 0.29) is 24.8 Å². The van der Waals surface area contributed by atoms with E-state index in [1.807, 2.05) is 63.2 Å². The molecule has 7 nitrogen and oxygen atoms in total. The van der Waals surface area contributed by atoms with Crippen LogP contribution in [0.1, 0.15) is 56.2 Å². The minimum absolute atomic E-state index is 0.0332. The SMILES string of the molecule is CCCCNC(=O)[C@H](Cc1ccccc1)N(Cc1ccc(Cl)cc1)C(=O)CN(c1ccccc1C(C)C)S(C)(=O)=O. The lowest BCUT2D eigenvalue weighted by Gasteiger charge is -2.34. The normalized spacial score (nSPS) is 12.1. The predicted molar refractivity (Wildman–Crippen MR) is 167 cm³/mol. The van der Waals surface area contributed by atoms with E-state index in [1.165, 1.54) is 4.90 Å². The molecular formula is C32H40ClN3O4S. The second kappa shape index (κ2) is 15.0. The number of anilines is 1. The minimum atomic E-state index is -3.84. The van der Waals surface area contributed by atoms with Crippen LogP contribution in [0.3, 0.4) is 0 Å². The van der Waals surface area contributed by atoms with E-state index >= 15 is 0 Å². The van der Waals surface area contributed by atoms with Crippen LogP contribution in [-0.2, 0) is 32.6 Å². The first-order valence-corrected chi connectivity index (χ1v) is 16.2. The molecule has 1 atom stereocenters. The number of hydrogen-bond donors (Lipinski definition) is 1. The van der Waals surface area contributed by atoms with Gasteiger partial charge in [-0.05, 0) is 47.2 Å². The summed E-state index contributed by atoms with van der Waals surface area (Å²) in [7, 11) is -3.84. The van der Waals surface area contributed by atoms with Crippen molar-refractivity contribution in [3.05, 3.63) is 101 Å². The number of carbonyl (C=O) groups excluding carboxylic acids is 2. The maximum Gasteiger partial charge on any atom is 0.244 e. The Morgan fingerprint density at radius 1 is 0.902 bits per heavy atom. The largest absolute Gasteiger partial charge is 0.354 e. The van der Waals surface area contributed by atoms with Gasteiger partial charge < -0.3 is 10.2 Å². The third kappa shape index (κ3) is 9.33. The number of nitrogens with one attached hydrogen (secondary N) is 1.